The van der Waals surface area contributed by atoms with E-state index in [0.717, 1.165) is 42.0 Å². The van der Waals surface area contributed by atoms with E-state index in [2.05, 4.69) is 103 Å². The molecule has 2 aromatic carbocycles. The third-order valence-corrected chi connectivity index (χ3v) is 10.1. The minimum Gasteiger partial charge on any atom is -0.481 e. The van der Waals surface area contributed by atoms with Crippen LogP contribution in [-0.4, -0.2) is 78.8 Å². The van der Waals surface area contributed by atoms with Gasteiger partial charge in [-0.25, -0.2) is 15.5 Å². The molecule has 2 aliphatic heterocycles. The maximum Gasteiger partial charge on any atom is 0.310 e. The van der Waals surface area contributed by atoms with Gasteiger partial charge in [0.25, 0.3) is 6.08 Å². The molecule has 4 rings (SSSR count). The molecule has 2 heterocycles. The van der Waals surface area contributed by atoms with E-state index in [1.165, 1.54) is 36.3 Å². The molecule has 2 aliphatic rings. The number of ether oxygens (including phenoxy) is 1. The number of aliphatic carboxylic acids is 1. The van der Waals surface area contributed by atoms with Crippen molar-refractivity contribution in [3.63, 3.8) is 0 Å². The van der Waals surface area contributed by atoms with Crippen molar-refractivity contribution in [1.82, 2.24) is 21.4 Å². The molecule has 16 nitrogen and oxygen atoms in total. The number of amides is 4. The number of aliphatic imine (C=N–C) groups is 2. The lowest BCUT2D eigenvalue weighted by Gasteiger charge is -2.19. The summed E-state index contributed by atoms with van der Waals surface area (Å²) in [7, 11) is 4.66. The van der Waals surface area contributed by atoms with Crippen molar-refractivity contribution in [2.45, 2.75) is 197 Å². The minimum absolute atomic E-state index is 0.0464. The van der Waals surface area contributed by atoms with E-state index in [1.54, 1.807) is 88.0 Å². The maximum absolute atomic E-state index is 11.4. The first-order chi connectivity index (χ1) is 35.6. The third kappa shape index (κ3) is 40.0. The van der Waals surface area contributed by atoms with Crippen LogP contribution in [0.15, 0.2) is 70.7 Å². The quantitative estimate of drug-likeness (QED) is 0.0615. The highest BCUT2D eigenvalue weighted by molar-refractivity contribution is 6.02. The largest absolute Gasteiger partial charge is 0.481 e. The average Bonchev–Trinajstić information content (AvgIpc) is 3.86. The van der Waals surface area contributed by atoms with Crippen LogP contribution in [0, 0.1) is 32.5 Å². The van der Waals surface area contributed by atoms with E-state index in [0.29, 0.717) is 0 Å². The first kappa shape index (κ1) is 80.2. The lowest BCUT2D eigenvalue weighted by atomic mass is 9.86. The lowest BCUT2D eigenvalue weighted by Crippen LogP contribution is -2.32. The Bertz CT molecular complexity index is 2370. The molecule has 0 spiro atoms. The number of nitrogens with two attached hydrogens (primary N) is 1. The van der Waals surface area contributed by atoms with Gasteiger partial charge in [-0.3, -0.25) is 34.0 Å². The average molecular weight is 1130 g/mol. The summed E-state index contributed by atoms with van der Waals surface area (Å²) in [6, 6.07) is 12.8. The molecule has 0 unspecified atom stereocenters. The number of carboxylic acid groups (broad SMARTS) is 1. The van der Waals surface area contributed by atoms with Gasteiger partial charge in [0, 0.05) is 44.7 Å². The number of methoxy groups -OCH3 is 1. The Balaban J connectivity index is -0.000000423. The number of amidine groups is 2. The Morgan fingerprint density at radius 3 is 1.23 bits per heavy atom. The van der Waals surface area contributed by atoms with Crippen molar-refractivity contribution in [2.75, 3.05) is 21.2 Å². The number of likely N-dealkylation sites (N-methyl/N-ethyl adjacent to an activating group) is 1. The number of carboxylic acids is 1. The van der Waals surface area contributed by atoms with Crippen molar-refractivity contribution in [3.8, 4) is 0 Å². The van der Waals surface area contributed by atoms with Crippen LogP contribution in [0.3, 0.4) is 0 Å². The Morgan fingerprint density at radius 2 is 1.00 bits per heavy atom. The number of rotatable bonds is 1. The molecule has 0 radical (unpaired) electrons. The molecule has 4 amide bonds. The lowest BCUT2D eigenvalue weighted by molar-refractivity contribution is -0.149. The first-order valence-corrected chi connectivity index (χ1v) is 26.5. The number of esters is 1. The SMILES string of the molecule is CC(=O)NC1=Nc2ccc(C(C)(C)C)cc2C1.CC(C)(C)C(=O)NO.CC(C)(C)C(=O)O.CC(C)(C)C=C(F)F.CC(C)(C)c1ccc2c(c1)CC(N)=N2.CNC(=O)/C=C/C(C)(C)C.CNC(=O)C(C)(C)C.COC(=O)C(C)(C)C. The molecular weight excluding hydrogens is 1020 g/mol. The van der Waals surface area contributed by atoms with E-state index in [1.807, 2.05) is 74.5 Å². The molecular formula is C62H105F2N7O9. The maximum atomic E-state index is 11.4. The Labute approximate surface area is 480 Å². The number of benzene rings is 2. The zero-order chi connectivity index (χ0) is 64.4. The molecule has 8 N–H and O–H groups in total. The van der Waals surface area contributed by atoms with Crippen LogP contribution in [-0.2, 0) is 57.2 Å². The van der Waals surface area contributed by atoms with Gasteiger partial charge < -0.3 is 31.5 Å². The van der Waals surface area contributed by atoms with E-state index in [-0.39, 0.29) is 56.7 Å². The van der Waals surface area contributed by atoms with Crippen LogP contribution in [0.25, 0.3) is 0 Å². The number of nitrogens with one attached hydrogen (secondary N) is 4. The highest BCUT2D eigenvalue weighted by Crippen LogP contribution is 2.33. The molecule has 0 bridgehead atoms. The van der Waals surface area contributed by atoms with Gasteiger partial charge in [-0.05, 0) is 110 Å². The third-order valence-electron chi connectivity index (χ3n) is 10.1. The zero-order valence-corrected chi connectivity index (χ0v) is 54.1. The van der Waals surface area contributed by atoms with Crippen LogP contribution in [0.4, 0.5) is 20.2 Å². The molecule has 0 aliphatic carbocycles. The number of hydroxylamine groups is 1. The number of allylic oxidation sites excluding steroid dienone is 2. The zero-order valence-electron chi connectivity index (χ0n) is 54.1. The Kier molecular flexibility index (Phi) is 34.2. The minimum atomic E-state index is -1.60. The summed E-state index contributed by atoms with van der Waals surface area (Å²) < 4.78 is 27.3. The van der Waals surface area contributed by atoms with Crippen LogP contribution in [0.5, 0.6) is 0 Å². The Hall–Kier alpha value is -6.30. The Morgan fingerprint density at radius 1 is 0.600 bits per heavy atom. The van der Waals surface area contributed by atoms with Crippen LogP contribution in [0.2, 0.25) is 0 Å². The van der Waals surface area contributed by atoms with Crippen LogP contribution < -0.4 is 27.2 Å². The molecule has 0 saturated heterocycles. The number of hydrogen-bond acceptors (Lipinski definition) is 11. The highest BCUT2D eigenvalue weighted by atomic mass is 19.3. The van der Waals surface area contributed by atoms with Gasteiger partial charge in [-0.2, -0.15) is 8.78 Å². The fourth-order valence-corrected chi connectivity index (χ4v) is 5.22. The van der Waals surface area contributed by atoms with Crippen molar-refractivity contribution in [2.24, 2.45) is 48.2 Å². The van der Waals surface area contributed by atoms with Gasteiger partial charge in [0.05, 0.1) is 29.3 Å². The summed E-state index contributed by atoms with van der Waals surface area (Å²) >= 11 is 0. The molecule has 80 heavy (non-hydrogen) atoms. The smallest absolute Gasteiger partial charge is 0.310 e. The highest BCUT2D eigenvalue weighted by Gasteiger charge is 2.24. The number of carbonyl (C=O) groups is 6. The summed E-state index contributed by atoms with van der Waals surface area (Å²) in [4.78, 5) is 72.1. The fourth-order valence-electron chi connectivity index (χ4n) is 5.22. The summed E-state index contributed by atoms with van der Waals surface area (Å²) in [6.45, 7) is 47.3. The molecule has 0 fully saturated rings. The molecule has 18 heteroatoms. The fraction of sp³-hybridized carbons (Fsp3) is 0.613. The second-order valence-corrected chi connectivity index (χ2v) is 27.3. The van der Waals surface area contributed by atoms with E-state index < -0.39 is 28.3 Å². The monoisotopic (exact) mass is 1130 g/mol. The van der Waals surface area contributed by atoms with Gasteiger partial charge in [-0.15, -0.1) is 0 Å². The van der Waals surface area contributed by atoms with Gasteiger partial charge in [0.1, 0.15) is 11.7 Å². The van der Waals surface area contributed by atoms with E-state index in [4.69, 9.17) is 16.0 Å². The number of fused-ring (bicyclic) bond motifs is 2. The number of hydrogen-bond donors (Lipinski definition) is 7. The van der Waals surface area contributed by atoms with Gasteiger partial charge in [0.15, 0.2) is 0 Å². The topological polar surface area (TPSA) is 251 Å². The summed E-state index contributed by atoms with van der Waals surface area (Å²) in [5.74, 6) is 0.159. The number of carbonyl (C=O) groups excluding carboxylic acids is 5. The normalized spacial score (nSPS) is 12.6. The van der Waals surface area contributed by atoms with Gasteiger partial charge in [-0.1, -0.05) is 155 Å². The molecule has 456 valence electrons. The second kappa shape index (κ2) is 34.1. The van der Waals surface area contributed by atoms with Crippen molar-refractivity contribution >= 4 is 58.6 Å². The number of halogens is 2. The van der Waals surface area contributed by atoms with Gasteiger partial charge >= 0.3 is 11.9 Å². The van der Waals surface area contributed by atoms with Gasteiger partial charge in [0.2, 0.25) is 23.6 Å². The van der Waals surface area contributed by atoms with E-state index in [9.17, 15) is 37.5 Å². The molecule has 0 atom stereocenters. The standard InChI is InChI=1S/C14H18N2O.C12H16N2.C8H15NO.C6H10F2.C6H13NO.C6H12O2.C5H11NO2.C5H10O2/c1-9(17)15-13-8-10-7-11(14(2,3)4)5-6-12(10)16-13;1-12(2,3)9-4-5-10-8(6-9)7-11(13)14-10;1-8(2,3)6-5-7(10)9-4;1-6(2,3)4-5(7)8;1-6(2,3)5(8)7-4;1-6(2,3)5(7)8-4;1-5(2,3)4(7)6-8;1-5(2,3)4(6)7/h5-7H,8H2,1-4H3,(H,15,16,17);4-6H,7H2,1-3H3,(H2,13,14);5-6H,1-4H3,(H,9,10);4H,1-3H3;1-4H3,(H,7,8);1-4H3;8H,1-3H3,(H,6,7);1-3H3,(H,6,7)/b;;6-5+;;;;;. The summed E-state index contributed by atoms with van der Waals surface area (Å²) in [5, 5.41) is 24.2. The summed E-state index contributed by atoms with van der Waals surface area (Å²) in [5.41, 5.74) is 12.8. The van der Waals surface area contributed by atoms with Crippen LogP contribution in [0.1, 0.15) is 195 Å². The number of nitrogens with zero attached hydrogens (tertiary/aromatic N) is 2. The second-order valence-electron chi connectivity index (χ2n) is 27.3. The molecule has 2 aromatic rings. The first-order valence-electron chi connectivity index (χ1n) is 26.5. The van der Waals surface area contributed by atoms with Crippen molar-refractivity contribution < 1.29 is 52.6 Å². The summed E-state index contributed by atoms with van der Waals surface area (Å²) in [6.07, 6.45) is 4.30. The molecule has 0 saturated carbocycles. The predicted molar refractivity (Wildman–Crippen MR) is 324 cm³/mol. The van der Waals surface area contributed by atoms with Crippen LogP contribution >= 0.6 is 0 Å². The molecule has 0 aromatic heterocycles. The van der Waals surface area contributed by atoms with Crippen molar-refractivity contribution in [3.05, 3.63) is 83.0 Å². The predicted octanol–water partition coefficient (Wildman–Crippen LogP) is 13.0. The van der Waals surface area contributed by atoms with E-state index >= 15 is 0 Å². The van der Waals surface area contributed by atoms with Crippen molar-refractivity contribution in [1.29, 1.82) is 0 Å².